The molecule has 0 N–H and O–H groups in total. The molecule has 0 bridgehead atoms. The Morgan fingerprint density at radius 3 is 3.18 bits per heavy atom. The average Bonchev–Trinajstić information content (AvgIpc) is 2.32. The number of furan rings is 1. The lowest BCUT2D eigenvalue weighted by Crippen LogP contribution is -1.71. The van der Waals surface area contributed by atoms with Crippen LogP contribution in [0.4, 0.5) is 0 Å². The number of rotatable bonds is 0. The fourth-order valence-electron chi connectivity index (χ4n) is 0.885. The molecule has 0 aromatic carbocycles. The van der Waals surface area contributed by atoms with Gasteiger partial charge in [-0.05, 0) is 22.0 Å². The van der Waals surface area contributed by atoms with Crippen LogP contribution in [0.5, 0.6) is 0 Å². The molecular formula is C7H3BrClNO. The van der Waals surface area contributed by atoms with Crippen molar-refractivity contribution in [1.82, 2.24) is 4.98 Å². The highest BCUT2D eigenvalue weighted by molar-refractivity contribution is 9.10. The molecule has 0 unspecified atom stereocenters. The van der Waals surface area contributed by atoms with Gasteiger partial charge < -0.3 is 4.42 Å². The lowest BCUT2D eigenvalue weighted by atomic mass is 10.3. The minimum Gasteiger partial charge on any atom is -0.456 e. The minimum atomic E-state index is 0.478. The summed E-state index contributed by atoms with van der Waals surface area (Å²) < 4.78 is 5.78. The van der Waals surface area contributed by atoms with Crippen molar-refractivity contribution >= 4 is 38.3 Å². The van der Waals surface area contributed by atoms with Gasteiger partial charge in [0.05, 0.1) is 5.39 Å². The van der Waals surface area contributed by atoms with Gasteiger partial charge in [-0.2, -0.15) is 0 Å². The van der Waals surface area contributed by atoms with Gasteiger partial charge >= 0.3 is 0 Å². The molecule has 0 aliphatic rings. The van der Waals surface area contributed by atoms with Crippen LogP contribution in [0.25, 0.3) is 10.8 Å². The van der Waals surface area contributed by atoms with Crippen molar-refractivity contribution in [3.05, 3.63) is 28.3 Å². The second kappa shape index (κ2) is 2.50. The number of fused-ring (bicyclic) bond motifs is 1. The maximum absolute atomic E-state index is 5.66. The maximum Gasteiger partial charge on any atom is 0.178 e. The second-order valence-electron chi connectivity index (χ2n) is 2.10. The molecule has 2 nitrogen and oxygen atoms in total. The van der Waals surface area contributed by atoms with Crippen molar-refractivity contribution in [2.24, 2.45) is 0 Å². The summed E-state index contributed by atoms with van der Waals surface area (Å²) in [6.45, 7) is 0. The molecule has 0 aliphatic heterocycles. The molecule has 2 aromatic heterocycles. The Morgan fingerprint density at radius 1 is 1.55 bits per heavy atom. The summed E-state index contributed by atoms with van der Waals surface area (Å²) in [4.78, 5) is 3.92. The predicted molar refractivity (Wildman–Crippen MR) is 46.7 cm³/mol. The van der Waals surface area contributed by atoms with Crippen molar-refractivity contribution < 1.29 is 4.42 Å². The lowest BCUT2D eigenvalue weighted by molar-refractivity contribution is 0.546. The first-order chi connectivity index (χ1) is 5.27. The molecule has 0 aliphatic carbocycles. The molecule has 0 spiro atoms. The summed E-state index contributed by atoms with van der Waals surface area (Å²) in [5.41, 5.74) is 0. The summed E-state index contributed by atoms with van der Waals surface area (Å²) in [7, 11) is 0. The fourth-order valence-corrected chi connectivity index (χ4v) is 1.48. The molecule has 0 saturated carbocycles. The van der Waals surface area contributed by atoms with Crippen LogP contribution in [0.15, 0.2) is 27.6 Å². The van der Waals surface area contributed by atoms with E-state index in [0.29, 0.717) is 9.82 Å². The lowest BCUT2D eigenvalue weighted by Gasteiger charge is -1.87. The topological polar surface area (TPSA) is 26.0 Å². The molecule has 4 heteroatoms. The van der Waals surface area contributed by atoms with Gasteiger partial charge in [0.1, 0.15) is 11.4 Å². The van der Waals surface area contributed by atoms with Crippen LogP contribution in [0, 0.1) is 0 Å². The van der Waals surface area contributed by atoms with Gasteiger partial charge in [0.15, 0.2) is 4.67 Å². The smallest absolute Gasteiger partial charge is 0.178 e. The Balaban J connectivity index is 2.86. The van der Waals surface area contributed by atoms with E-state index in [4.69, 9.17) is 16.0 Å². The fraction of sp³-hybridized carbons (Fsp3) is 0. The number of pyridine rings is 1. The quantitative estimate of drug-likeness (QED) is 0.652. The van der Waals surface area contributed by atoms with Crippen LogP contribution in [-0.2, 0) is 0 Å². The standard InChI is InChI=1S/C7H3BrClNO/c8-7-5-2-10-6(9)1-4(5)3-11-7/h1-3H. The van der Waals surface area contributed by atoms with Gasteiger partial charge in [-0.1, -0.05) is 11.6 Å². The van der Waals surface area contributed by atoms with Crippen LogP contribution >= 0.6 is 27.5 Å². The summed E-state index contributed by atoms with van der Waals surface area (Å²) in [6, 6.07) is 1.76. The Bertz CT molecular complexity index is 398. The normalized spacial score (nSPS) is 10.7. The van der Waals surface area contributed by atoms with E-state index in [1.807, 2.05) is 0 Å². The Morgan fingerprint density at radius 2 is 2.36 bits per heavy atom. The number of nitrogens with zero attached hydrogens (tertiary/aromatic N) is 1. The molecule has 0 fully saturated rings. The zero-order valence-electron chi connectivity index (χ0n) is 5.34. The number of hydrogen-bond acceptors (Lipinski definition) is 2. The van der Waals surface area contributed by atoms with E-state index in [2.05, 4.69) is 20.9 Å². The molecule has 56 valence electrons. The first kappa shape index (κ1) is 7.13. The molecule has 2 rings (SSSR count). The van der Waals surface area contributed by atoms with E-state index >= 15 is 0 Å². The number of aromatic nitrogens is 1. The number of hydrogen-bond donors (Lipinski definition) is 0. The number of halogens is 2. The molecule has 0 radical (unpaired) electrons. The van der Waals surface area contributed by atoms with E-state index in [0.717, 1.165) is 10.8 Å². The van der Waals surface area contributed by atoms with Crippen LogP contribution in [0.3, 0.4) is 0 Å². The average molecular weight is 232 g/mol. The van der Waals surface area contributed by atoms with Crippen molar-refractivity contribution in [2.45, 2.75) is 0 Å². The van der Waals surface area contributed by atoms with E-state index in [1.54, 1.807) is 18.5 Å². The molecule has 0 saturated heterocycles. The van der Waals surface area contributed by atoms with E-state index in [-0.39, 0.29) is 0 Å². The van der Waals surface area contributed by atoms with Crippen molar-refractivity contribution in [3.8, 4) is 0 Å². The molecule has 2 aromatic rings. The van der Waals surface area contributed by atoms with Crippen molar-refractivity contribution in [2.75, 3.05) is 0 Å². The monoisotopic (exact) mass is 231 g/mol. The molecule has 0 atom stereocenters. The highest BCUT2D eigenvalue weighted by Gasteiger charge is 2.02. The van der Waals surface area contributed by atoms with Crippen LogP contribution in [0.2, 0.25) is 5.15 Å². The first-order valence-corrected chi connectivity index (χ1v) is 4.13. The minimum absolute atomic E-state index is 0.478. The van der Waals surface area contributed by atoms with Crippen molar-refractivity contribution in [1.29, 1.82) is 0 Å². The second-order valence-corrected chi connectivity index (χ2v) is 3.21. The third-order valence-electron chi connectivity index (χ3n) is 1.40. The molecular weight excluding hydrogens is 229 g/mol. The third-order valence-corrected chi connectivity index (χ3v) is 2.22. The van der Waals surface area contributed by atoms with Gasteiger partial charge in [0.25, 0.3) is 0 Å². The molecule has 2 heterocycles. The van der Waals surface area contributed by atoms with Gasteiger partial charge in [-0.15, -0.1) is 0 Å². The predicted octanol–water partition coefficient (Wildman–Crippen LogP) is 3.24. The summed E-state index contributed by atoms with van der Waals surface area (Å²) in [6.07, 6.45) is 3.30. The summed E-state index contributed by atoms with van der Waals surface area (Å²) in [5, 5.41) is 2.37. The first-order valence-electron chi connectivity index (χ1n) is 2.95. The van der Waals surface area contributed by atoms with Crippen LogP contribution < -0.4 is 0 Å². The molecule has 0 amide bonds. The zero-order chi connectivity index (χ0) is 7.84. The summed E-state index contributed by atoms with van der Waals surface area (Å²) >= 11 is 8.90. The van der Waals surface area contributed by atoms with Gasteiger partial charge in [-0.25, -0.2) is 4.98 Å². The van der Waals surface area contributed by atoms with Gasteiger partial charge in [0.2, 0.25) is 0 Å². The van der Waals surface area contributed by atoms with E-state index < -0.39 is 0 Å². The van der Waals surface area contributed by atoms with Crippen molar-refractivity contribution in [3.63, 3.8) is 0 Å². The third kappa shape index (κ3) is 1.14. The summed E-state index contributed by atoms with van der Waals surface area (Å²) in [5.74, 6) is 0. The Hall–Kier alpha value is -0.540. The maximum atomic E-state index is 5.66. The van der Waals surface area contributed by atoms with Crippen LogP contribution in [0.1, 0.15) is 0 Å². The largest absolute Gasteiger partial charge is 0.456 e. The highest BCUT2D eigenvalue weighted by Crippen LogP contribution is 2.26. The Kier molecular flexibility index (Phi) is 1.62. The van der Waals surface area contributed by atoms with Crippen LogP contribution in [-0.4, -0.2) is 4.98 Å². The SMILES string of the molecule is Clc1cc2coc(Br)c2cn1. The molecule has 11 heavy (non-hydrogen) atoms. The van der Waals surface area contributed by atoms with E-state index in [9.17, 15) is 0 Å². The Labute approximate surface area is 76.3 Å². The highest BCUT2D eigenvalue weighted by atomic mass is 79.9. The van der Waals surface area contributed by atoms with Gasteiger partial charge in [0, 0.05) is 11.6 Å². The zero-order valence-corrected chi connectivity index (χ0v) is 7.69. The van der Waals surface area contributed by atoms with Gasteiger partial charge in [-0.3, -0.25) is 0 Å². The van der Waals surface area contributed by atoms with E-state index in [1.165, 1.54) is 0 Å².